The summed E-state index contributed by atoms with van der Waals surface area (Å²) in [5.74, 6) is 0. The van der Waals surface area contributed by atoms with Crippen molar-refractivity contribution in [2.45, 2.75) is 20.8 Å². The average molecular weight is 597 g/mol. The van der Waals surface area contributed by atoms with Crippen LogP contribution in [0.1, 0.15) is 30.5 Å². The van der Waals surface area contributed by atoms with E-state index in [2.05, 4.69) is 40.7 Å². The largest absolute Gasteiger partial charge is 0.277 e. The van der Waals surface area contributed by atoms with E-state index in [-0.39, 0.29) is 5.56 Å². The smallest absolute Gasteiger partial charge is 0.263 e. The quantitative estimate of drug-likeness (QED) is 0.206. The van der Waals surface area contributed by atoms with Gasteiger partial charge in [-0.15, -0.1) is 0 Å². The molecule has 6 aromatic rings. The van der Waals surface area contributed by atoms with Gasteiger partial charge in [0.1, 0.15) is 0 Å². The summed E-state index contributed by atoms with van der Waals surface area (Å²) in [6.07, 6.45) is 0. The first-order valence-electron chi connectivity index (χ1n) is 13.3. The van der Waals surface area contributed by atoms with Crippen LogP contribution < -0.4 is 10.9 Å². The number of pyridine rings is 1. The van der Waals surface area contributed by atoms with Crippen LogP contribution in [0.5, 0.6) is 0 Å². The van der Waals surface area contributed by atoms with Gasteiger partial charge in [0, 0.05) is 26.0 Å². The zero-order valence-electron chi connectivity index (χ0n) is 23.0. The van der Waals surface area contributed by atoms with E-state index in [0.717, 1.165) is 54.1 Å². The van der Waals surface area contributed by atoms with Crippen LogP contribution in [-0.4, -0.2) is 4.57 Å². The third kappa shape index (κ3) is 4.72. The SMILES string of the molecule is C=c1c2cccc3c(Br)ccc(c(=O)n1-c1cc(-c4ccc(C#N)cc4)cc(-c4ccc(C#N)cc4)c1C)c32.CC. The first-order valence-corrected chi connectivity index (χ1v) is 14.1. The van der Waals surface area contributed by atoms with E-state index in [1.807, 2.05) is 81.4 Å². The van der Waals surface area contributed by atoms with Crippen molar-refractivity contribution in [3.63, 3.8) is 0 Å². The van der Waals surface area contributed by atoms with Gasteiger partial charge in [-0.1, -0.05) is 78.8 Å². The number of nitrogens with zero attached hydrogens (tertiary/aromatic N) is 3. The first-order chi connectivity index (χ1) is 19.9. The minimum absolute atomic E-state index is 0.137. The molecule has 0 N–H and O–H groups in total. The van der Waals surface area contributed by atoms with Crippen LogP contribution in [0.15, 0.2) is 100 Å². The van der Waals surface area contributed by atoms with Crippen LogP contribution in [-0.2, 0) is 0 Å². The van der Waals surface area contributed by atoms with Crippen LogP contribution in [0.3, 0.4) is 0 Å². The van der Waals surface area contributed by atoms with Gasteiger partial charge in [-0.25, -0.2) is 0 Å². The summed E-state index contributed by atoms with van der Waals surface area (Å²) in [6.45, 7) is 10.4. The molecule has 5 aromatic carbocycles. The molecule has 0 radical (unpaired) electrons. The van der Waals surface area contributed by atoms with Crippen molar-refractivity contribution in [3.8, 4) is 40.1 Å². The maximum Gasteiger partial charge on any atom is 0.263 e. The fourth-order valence-electron chi connectivity index (χ4n) is 5.27. The number of benzene rings is 5. The van der Waals surface area contributed by atoms with Gasteiger partial charge < -0.3 is 0 Å². The minimum Gasteiger partial charge on any atom is -0.277 e. The zero-order valence-corrected chi connectivity index (χ0v) is 24.6. The molecule has 0 aliphatic carbocycles. The van der Waals surface area contributed by atoms with Crippen molar-refractivity contribution in [1.82, 2.24) is 4.57 Å². The molecule has 198 valence electrons. The Morgan fingerprint density at radius 2 is 1.32 bits per heavy atom. The average Bonchev–Trinajstić information content (AvgIpc) is 3.02. The van der Waals surface area contributed by atoms with E-state index in [1.54, 1.807) is 28.8 Å². The van der Waals surface area contributed by atoms with Crippen LogP contribution in [0, 0.1) is 29.6 Å². The molecule has 6 rings (SSSR count). The molecule has 4 nitrogen and oxygen atoms in total. The Balaban J connectivity index is 0.00000165. The van der Waals surface area contributed by atoms with Gasteiger partial charge in [0.2, 0.25) is 0 Å². The second kappa shape index (κ2) is 11.3. The van der Waals surface area contributed by atoms with E-state index in [9.17, 15) is 15.3 Å². The molecule has 0 saturated carbocycles. The lowest BCUT2D eigenvalue weighted by molar-refractivity contribution is 0.969. The third-order valence-electron chi connectivity index (χ3n) is 7.30. The molecule has 1 heterocycles. The molecule has 0 aliphatic rings. The predicted molar refractivity (Wildman–Crippen MR) is 172 cm³/mol. The molecule has 0 fully saturated rings. The number of aromatic nitrogens is 1. The Hall–Kier alpha value is -4.97. The highest BCUT2D eigenvalue weighted by molar-refractivity contribution is 9.10. The topological polar surface area (TPSA) is 69.6 Å². The summed E-state index contributed by atoms with van der Waals surface area (Å²) in [4.78, 5) is 14.1. The van der Waals surface area contributed by atoms with Crippen LogP contribution >= 0.6 is 15.9 Å². The fraction of sp³-hybridized carbons (Fsp3) is 0.0833. The summed E-state index contributed by atoms with van der Waals surface area (Å²) in [5.41, 5.74) is 6.37. The van der Waals surface area contributed by atoms with E-state index >= 15 is 0 Å². The molecule has 0 bridgehead atoms. The molecule has 0 aliphatic heterocycles. The van der Waals surface area contributed by atoms with Crippen molar-refractivity contribution < 1.29 is 0 Å². The van der Waals surface area contributed by atoms with Gasteiger partial charge in [-0.2, -0.15) is 10.5 Å². The molecular weight excluding hydrogens is 570 g/mol. The lowest BCUT2D eigenvalue weighted by Crippen LogP contribution is -2.32. The lowest BCUT2D eigenvalue weighted by Gasteiger charge is -2.19. The van der Waals surface area contributed by atoms with Gasteiger partial charge in [0.05, 0.1) is 29.0 Å². The summed E-state index contributed by atoms with van der Waals surface area (Å²) < 4.78 is 2.64. The van der Waals surface area contributed by atoms with E-state index in [4.69, 9.17) is 0 Å². The molecule has 1 aromatic heterocycles. The predicted octanol–water partition coefficient (Wildman–Crippen LogP) is 8.45. The van der Waals surface area contributed by atoms with Gasteiger partial charge in [-0.05, 0) is 88.7 Å². The van der Waals surface area contributed by atoms with E-state index in [0.29, 0.717) is 21.9 Å². The highest BCUT2D eigenvalue weighted by Crippen LogP contribution is 2.35. The standard InChI is InChI=1S/C34H20BrN3O.C2H6/c1-20-30(25-12-8-23(19-37)9-13-25)16-26(24-10-6-22(18-36)7-11-24)17-32(20)38-21(2)27-4-3-5-28-31(35)15-14-29(33(27)28)34(38)39;1-2/h3-17H,2H2,1H3;1-2H3. The number of hydrogen-bond acceptors (Lipinski definition) is 3. The molecule has 0 spiro atoms. The Morgan fingerprint density at radius 1 is 0.732 bits per heavy atom. The third-order valence-corrected chi connectivity index (χ3v) is 7.99. The number of halogens is 1. The summed E-state index contributed by atoms with van der Waals surface area (Å²) >= 11 is 3.63. The van der Waals surface area contributed by atoms with Crippen molar-refractivity contribution in [3.05, 3.63) is 128 Å². The number of hydrogen-bond donors (Lipinski definition) is 0. The Bertz CT molecular complexity index is 2100. The Labute approximate surface area is 247 Å². The molecule has 41 heavy (non-hydrogen) atoms. The summed E-state index contributed by atoms with van der Waals surface area (Å²) in [6, 6.07) is 33.0. The second-order valence-electron chi connectivity index (χ2n) is 9.46. The van der Waals surface area contributed by atoms with Gasteiger partial charge in [-0.3, -0.25) is 9.36 Å². The maximum absolute atomic E-state index is 14.1. The maximum atomic E-state index is 14.1. The normalized spacial score (nSPS) is 10.6. The van der Waals surface area contributed by atoms with Crippen molar-refractivity contribution in [2.75, 3.05) is 0 Å². The molecule has 0 atom stereocenters. The van der Waals surface area contributed by atoms with Crippen LogP contribution in [0.2, 0.25) is 0 Å². The number of rotatable bonds is 3. The first kappa shape index (κ1) is 27.6. The molecule has 0 unspecified atom stereocenters. The Morgan fingerprint density at radius 3 is 1.93 bits per heavy atom. The van der Waals surface area contributed by atoms with Crippen molar-refractivity contribution >= 4 is 44.1 Å². The van der Waals surface area contributed by atoms with Gasteiger partial charge >= 0.3 is 0 Å². The van der Waals surface area contributed by atoms with Crippen molar-refractivity contribution in [2.24, 2.45) is 0 Å². The van der Waals surface area contributed by atoms with Gasteiger partial charge in [0.15, 0.2) is 0 Å². The number of nitriles is 2. The Kier molecular flexibility index (Phi) is 7.58. The monoisotopic (exact) mass is 595 g/mol. The van der Waals surface area contributed by atoms with Crippen molar-refractivity contribution in [1.29, 1.82) is 10.5 Å². The fourth-order valence-corrected chi connectivity index (χ4v) is 5.73. The molecule has 0 amide bonds. The van der Waals surface area contributed by atoms with E-state index < -0.39 is 0 Å². The van der Waals surface area contributed by atoms with E-state index in [1.165, 1.54) is 0 Å². The summed E-state index contributed by atoms with van der Waals surface area (Å²) in [7, 11) is 0. The summed E-state index contributed by atoms with van der Waals surface area (Å²) in [5, 5.41) is 22.6. The molecular formula is C36H26BrN3O. The molecule has 0 saturated heterocycles. The second-order valence-corrected chi connectivity index (χ2v) is 10.3. The van der Waals surface area contributed by atoms with Crippen LogP contribution in [0.25, 0.3) is 56.1 Å². The highest BCUT2D eigenvalue weighted by atomic mass is 79.9. The van der Waals surface area contributed by atoms with Crippen LogP contribution in [0.4, 0.5) is 0 Å². The highest BCUT2D eigenvalue weighted by Gasteiger charge is 2.18. The minimum atomic E-state index is -0.137. The zero-order chi connectivity index (χ0) is 29.3. The van der Waals surface area contributed by atoms with Gasteiger partial charge in [0.25, 0.3) is 5.56 Å². The molecule has 5 heteroatoms. The lowest BCUT2D eigenvalue weighted by atomic mass is 9.92.